The first-order valence-corrected chi connectivity index (χ1v) is 14.4. The van der Waals surface area contributed by atoms with E-state index in [1.165, 1.54) is 0 Å². The van der Waals surface area contributed by atoms with Crippen LogP contribution in [0.25, 0.3) is 0 Å². The number of aromatic nitrogens is 2. The summed E-state index contributed by atoms with van der Waals surface area (Å²) < 4.78 is 12.7. The zero-order valence-corrected chi connectivity index (χ0v) is 23.9. The molecule has 0 unspecified atom stereocenters. The molecule has 1 aromatic rings. The standard InChI is InChI=1S/C27H46ClN5O4/c1-5-6-9-23-30-25(28)24(32(23)10-7-8-13-36-4)27(35)33(19-20(2)3)22-16-21(17-29-18-22)26(34)31-11-14-37-15-12-31/h20-22,29H,5-19H2,1-4H3/t21-,22+/m1/s1. The molecule has 2 saturated heterocycles. The van der Waals surface area contributed by atoms with E-state index in [-0.39, 0.29) is 34.8 Å². The van der Waals surface area contributed by atoms with Crippen molar-refractivity contribution in [1.29, 1.82) is 0 Å². The number of ether oxygens (including phenoxy) is 2. The molecule has 1 N–H and O–H groups in total. The number of carbonyl (C=O) groups excluding carboxylic acids is 2. The van der Waals surface area contributed by atoms with Gasteiger partial charge in [0.25, 0.3) is 5.91 Å². The lowest BCUT2D eigenvalue weighted by Gasteiger charge is -2.40. The molecule has 0 aliphatic carbocycles. The predicted molar refractivity (Wildman–Crippen MR) is 145 cm³/mol. The summed E-state index contributed by atoms with van der Waals surface area (Å²) >= 11 is 6.67. The molecule has 2 aliphatic rings. The lowest BCUT2D eigenvalue weighted by Crippen LogP contribution is -2.56. The number of rotatable bonds is 13. The minimum absolute atomic E-state index is 0.0908. The zero-order valence-electron chi connectivity index (χ0n) is 23.1. The van der Waals surface area contributed by atoms with Crippen molar-refractivity contribution in [3.8, 4) is 0 Å². The van der Waals surface area contributed by atoms with Crippen LogP contribution in [0.3, 0.4) is 0 Å². The van der Waals surface area contributed by atoms with Crippen LogP contribution in [0.2, 0.25) is 5.15 Å². The van der Waals surface area contributed by atoms with E-state index in [4.69, 9.17) is 21.1 Å². The fourth-order valence-electron chi connectivity index (χ4n) is 5.27. The number of piperidine rings is 1. The van der Waals surface area contributed by atoms with E-state index < -0.39 is 0 Å². The smallest absolute Gasteiger partial charge is 0.274 e. The van der Waals surface area contributed by atoms with Crippen LogP contribution in [-0.4, -0.2) is 96.9 Å². The molecule has 2 aliphatic heterocycles. The normalized spacial score (nSPS) is 20.4. The summed E-state index contributed by atoms with van der Waals surface area (Å²) in [6.45, 7) is 12.1. The molecular weight excluding hydrogens is 494 g/mol. The Morgan fingerprint density at radius 2 is 1.97 bits per heavy atom. The number of nitrogens with one attached hydrogen (secondary N) is 1. The van der Waals surface area contributed by atoms with Gasteiger partial charge in [0.15, 0.2) is 5.15 Å². The summed E-state index contributed by atoms with van der Waals surface area (Å²) in [7, 11) is 1.70. The van der Waals surface area contributed by atoms with Crippen molar-refractivity contribution in [2.75, 3.05) is 59.7 Å². The maximum atomic E-state index is 14.2. The van der Waals surface area contributed by atoms with Gasteiger partial charge in [-0.3, -0.25) is 9.59 Å². The average Bonchev–Trinajstić information content (AvgIpc) is 3.22. The van der Waals surface area contributed by atoms with Crippen molar-refractivity contribution in [2.24, 2.45) is 11.8 Å². The molecule has 0 saturated carbocycles. The number of hydrogen-bond donors (Lipinski definition) is 1. The third kappa shape index (κ3) is 8.15. The summed E-state index contributed by atoms with van der Waals surface area (Å²) in [5.41, 5.74) is 0.479. The van der Waals surface area contributed by atoms with Crippen molar-refractivity contribution < 1.29 is 19.1 Å². The molecule has 1 aromatic heterocycles. The monoisotopic (exact) mass is 539 g/mol. The topological polar surface area (TPSA) is 88.9 Å². The van der Waals surface area contributed by atoms with Crippen LogP contribution in [0.15, 0.2) is 0 Å². The second-order valence-corrected chi connectivity index (χ2v) is 11.0. The van der Waals surface area contributed by atoms with Crippen LogP contribution in [0, 0.1) is 11.8 Å². The number of methoxy groups -OCH3 is 1. The largest absolute Gasteiger partial charge is 0.385 e. The summed E-state index contributed by atoms with van der Waals surface area (Å²) in [5.74, 6) is 1.05. The molecule has 37 heavy (non-hydrogen) atoms. The van der Waals surface area contributed by atoms with Gasteiger partial charge in [-0.2, -0.15) is 0 Å². The van der Waals surface area contributed by atoms with Crippen LogP contribution in [0.5, 0.6) is 0 Å². The van der Waals surface area contributed by atoms with Crippen LogP contribution in [0.1, 0.15) is 69.2 Å². The molecular formula is C27H46ClN5O4. The minimum Gasteiger partial charge on any atom is -0.385 e. The van der Waals surface area contributed by atoms with Crippen molar-refractivity contribution in [3.05, 3.63) is 16.7 Å². The zero-order chi connectivity index (χ0) is 26.8. The molecule has 3 rings (SSSR count). The Balaban J connectivity index is 1.84. The number of hydrogen-bond acceptors (Lipinski definition) is 6. The molecule has 3 heterocycles. The minimum atomic E-state index is -0.158. The van der Waals surface area contributed by atoms with Crippen LogP contribution < -0.4 is 5.32 Å². The van der Waals surface area contributed by atoms with Crippen LogP contribution in [-0.2, 0) is 27.2 Å². The van der Waals surface area contributed by atoms with Crippen LogP contribution in [0.4, 0.5) is 0 Å². The van der Waals surface area contributed by atoms with Gasteiger partial charge in [-0.1, -0.05) is 38.8 Å². The predicted octanol–water partition coefficient (Wildman–Crippen LogP) is 3.24. The Labute approximate surface area is 227 Å². The summed E-state index contributed by atoms with van der Waals surface area (Å²) in [6.07, 6.45) is 5.25. The maximum Gasteiger partial charge on any atom is 0.274 e. The molecule has 10 heteroatoms. The first-order valence-electron chi connectivity index (χ1n) is 14.0. The van der Waals surface area contributed by atoms with Crippen molar-refractivity contribution in [3.63, 3.8) is 0 Å². The molecule has 2 fully saturated rings. The SMILES string of the molecule is CCCCc1nc(Cl)c(C(=O)N(CC(C)C)[C@@H]2CNC[C@H](C(=O)N3CCOCC3)C2)n1CCCCOC. The van der Waals surface area contributed by atoms with E-state index in [0.29, 0.717) is 71.2 Å². The van der Waals surface area contributed by atoms with Gasteiger partial charge in [0.2, 0.25) is 5.91 Å². The first-order chi connectivity index (χ1) is 17.9. The molecule has 9 nitrogen and oxygen atoms in total. The molecule has 210 valence electrons. The highest BCUT2D eigenvalue weighted by molar-refractivity contribution is 6.32. The molecule has 0 radical (unpaired) electrons. The number of nitrogens with zero attached hydrogens (tertiary/aromatic N) is 4. The number of carbonyl (C=O) groups is 2. The fourth-order valence-corrected chi connectivity index (χ4v) is 5.55. The third-order valence-corrected chi connectivity index (χ3v) is 7.47. The summed E-state index contributed by atoms with van der Waals surface area (Å²) in [5, 5.41) is 3.71. The summed E-state index contributed by atoms with van der Waals surface area (Å²) in [4.78, 5) is 35.9. The van der Waals surface area contributed by atoms with Gasteiger partial charge in [-0.05, 0) is 31.6 Å². The van der Waals surface area contributed by atoms with Gasteiger partial charge in [0, 0.05) is 65.4 Å². The summed E-state index contributed by atoms with van der Waals surface area (Å²) in [6, 6.07) is -0.0920. The van der Waals surface area contributed by atoms with Gasteiger partial charge in [0.05, 0.1) is 19.1 Å². The van der Waals surface area contributed by atoms with E-state index in [9.17, 15) is 9.59 Å². The average molecular weight is 540 g/mol. The molecule has 0 bridgehead atoms. The number of unbranched alkanes of at least 4 members (excludes halogenated alkanes) is 2. The Bertz CT molecular complexity index is 871. The molecule has 2 amide bonds. The fraction of sp³-hybridized carbons (Fsp3) is 0.815. The van der Waals surface area contributed by atoms with Crippen LogP contribution >= 0.6 is 11.6 Å². The lowest BCUT2D eigenvalue weighted by atomic mass is 9.92. The van der Waals surface area contributed by atoms with Gasteiger partial charge in [0.1, 0.15) is 11.5 Å². The van der Waals surface area contributed by atoms with Gasteiger partial charge >= 0.3 is 0 Å². The highest BCUT2D eigenvalue weighted by Crippen LogP contribution is 2.26. The number of morpholine rings is 1. The highest BCUT2D eigenvalue weighted by Gasteiger charge is 2.37. The molecule has 2 atom stereocenters. The first kappa shape index (κ1) is 29.9. The Morgan fingerprint density at radius 3 is 2.65 bits per heavy atom. The second-order valence-electron chi connectivity index (χ2n) is 10.7. The lowest BCUT2D eigenvalue weighted by molar-refractivity contribution is -0.140. The number of halogens is 1. The van der Waals surface area contributed by atoms with E-state index in [1.54, 1.807) is 7.11 Å². The molecule has 0 aromatic carbocycles. The quantitative estimate of drug-likeness (QED) is 0.387. The van der Waals surface area contributed by atoms with Gasteiger partial charge in [-0.15, -0.1) is 0 Å². The number of imidazole rings is 1. The molecule has 0 spiro atoms. The van der Waals surface area contributed by atoms with E-state index in [0.717, 1.165) is 37.9 Å². The maximum absolute atomic E-state index is 14.2. The van der Waals surface area contributed by atoms with Crippen molar-refractivity contribution in [1.82, 2.24) is 24.7 Å². The number of aryl methyl sites for hydroxylation is 1. The van der Waals surface area contributed by atoms with Crippen molar-refractivity contribution in [2.45, 2.75) is 71.9 Å². The Morgan fingerprint density at radius 1 is 1.22 bits per heavy atom. The van der Waals surface area contributed by atoms with Gasteiger partial charge < -0.3 is 29.2 Å². The Kier molecular flexibility index (Phi) is 12.1. The van der Waals surface area contributed by atoms with Crippen molar-refractivity contribution >= 4 is 23.4 Å². The third-order valence-electron chi connectivity index (χ3n) is 7.20. The second kappa shape index (κ2) is 15.0. The van der Waals surface area contributed by atoms with E-state index in [1.807, 2.05) is 14.4 Å². The highest BCUT2D eigenvalue weighted by atomic mass is 35.5. The van der Waals surface area contributed by atoms with E-state index >= 15 is 0 Å². The Hall–Kier alpha value is -1.68. The van der Waals surface area contributed by atoms with Gasteiger partial charge in [-0.25, -0.2) is 4.98 Å². The van der Waals surface area contributed by atoms with E-state index in [2.05, 4.69) is 31.1 Å². The number of amides is 2.